The number of likely N-dealkylation sites (tertiary alicyclic amines) is 1. The molecule has 0 radical (unpaired) electrons. The van der Waals surface area contributed by atoms with Crippen LogP contribution in [0.25, 0.3) is 0 Å². The van der Waals surface area contributed by atoms with Crippen molar-refractivity contribution in [1.82, 2.24) is 4.90 Å². The largest absolute Gasteiger partial charge is 0.488 e. The summed E-state index contributed by atoms with van der Waals surface area (Å²) in [7, 11) is -1.62. The molecule has 0 saturated carbocycles. The van der Waals surface area contributed by atoms with Crippen LogP contribution in [0.4, 0.5) is 4.39 Å². The zero-order valence-electron chi connectivity index (χ0n) is 11.5. The molecule has 2 atom stereocenters. The van der Waals surface area contributed by atoms with Gasteiger partial charge in [0, 0.05) is 13.1 Å². The number of piperidine rings is 1. The van der Waals surface area contributed by atoms with E-state index in [1.54, 1.807) is 6.07 Å². The number of halogens is 1. The van der Waals surface area contributed by atoms with E-state index >= 15 is 0 Å². The maximum atomic E-state index is 13.2. The molecule has 1 heterocycles. The van der Waals surface area contributed by atoms with Gasteiger partial charge in [-0.1, -0.05) is 19.9 Å². The second kappa shape index (κ2) is 6.03. The van der Waals surface area contributed by atoms with Crippen molar-refractivity contribution >= 4 is 12.6 Å². The van der Waals surface area contributed by atoms with Gasteiger partial charge in [0.25, 0.3) is 0 Å². The number of benzene rings is 1. The molecule has 0 bridgehead atoms. The Bertz CT molecular complexity index is 441. The van der Waals surface area contributed by atoms with E-state index in [0.29, 0.717) is 12.5 Å². The fourth-order valence-corrected chi connectivity index (χ4v) is 2.68. The first-order valence-electron chi connectivity index (χ1n) is 6.84. The van der Waals surface area contributed by atoms with Gasteiger partial charge in [-0.25, -0.2) is 4.39 Å². The molecule has 0 aliphatic carbocycles. The molecule has 5 heteroatoms. The summed E-state index contributed by atoms with van der Waals surface area (Å²) in [4.78, 5) is 2.30. The van der Waals surface area contributed by atoms with Crippen molar-refractivity contribution in [2.45, 2.75) is 26.8 Å². The van der Waals surface area contributed by atoms with Gasteiger partial charge >= 0.3 is 7.12 Å². The van der Waals surface area contributed by atoms with Crippen LogP contribution in [0.15, 0.2) is 18.2 Å². The van der Waals surface area contributed by atoms with Crippen LogP contribution in [-0.2, 0) is 6.54 Å². The van der Waals surface area contributed by atoms with Crippen molar-refractivity contribution in [2.75, 3.05) is 13.1 Å². The van der Waals surface area contributed by atoms with Crippen molar-refractivity contribution < 1.29 is 14.4 Å². The van der Waals surface area contributed by atoms with Gasteiger partial charge in [-0.05, 0) is 48.0 Å². The topological polar surface area (TPSA) is 43.7 Å². The lowest BCUT2D eigenvalue weighted by molar-refractivity contribution is 0.132. The number of hydrogen-bond acceptors (Lipinski definition) is 3. The van der Waals surface area contributed by atoms with Gasteiger partial charge in [-0.15, -0.1) is 0 Å². The Morgan fingerprint density at radius 2 is 2.05 bits per heavy atom. The summed E-state index contributed by atoms with van der Waals surface area (Å²) in [5, 5.41) is 18.6. The van der Waals surface area contributed by atoms with Gasteiger partial charge in [0.15, 0.2) is 0 Å². The minimum Gasteiger partial charge on any atom is -0.423 e. The monoisotopic (exact) mass is 265 g/mol. The third-order valence-corrected chi connectivity index (χ3v) is 4.20. The molecule has 1 aromatic rings. The molecule has 0 aromatic heterocycles. The predicted molar refractivity (Wildman–Crippen MR) is 74.4 cm³/mol. The highest BCUT2D eigenvalue weighted by atomic mass is 19.1. The van der Waals surface area contributed by atoms with E-state index < -0.39 is 12.9 Å². The Morgan fingerprint density at radius 3 is 2.68 bits per heavy atom. The molecule has 2 rings (SSSR count). The molecule has 0 amide bonds. The van der Waals surface area contributed by atoms with Crippen LogP contribution < -0.4 is 5.46 Å². The highest BCUT2D eigenvalue weighted by Crippen LogP contribution is 2.23. The first-order chi connectivity index (χ1) is 8.97. The van der Waals surface area contributed by atoms with Crippen LogP contribution in [0.5, 0.6) is 0 Å². The fourth-order valence-electron chi connectivity index (χ4n) is 2.68. The molecular formula is C14H21BFNO2. The Kier molecular flexibility index (Phi) is 4.60. The normalized spacial score (nSPS) is 24.5. The number of hydrogen-bond donors (Lipinski definition) is 2. The van der Waals surface area contributed by atoms with Gasteiger partial charge < -0.3 is 10.0 Å². The summed E-state index contributed by atoms with van der Waals surface area (Å²) in [6.45, 7) is 7.15. The van der Waals surface area contributed by atoms with Gasteiger partial charge in [0.05, 0.1) is 0 Å². The van der Waals surface area contributed by atoms with Crippen molar-refractivity contribution in [3.63, 3.8) is 0 Å². The van der Waals surface area contributed by atoms with Crippen LogP contribution in [0.1, 0.15) is 25.8 Å². The van der Waals surface area contributed by atoms with Gasteiger partial charge in [0.1, 0.15) is 5.82 Å². The van der Waals surface area contributed by atoms with Crippen LogP contribution >= 0.6 is 0 Å². The van der Waals surface area contributed by atoms with Crippen molar-refractivity contribution in [3.8, 4) is 0 Å². The molecule has 1 aromatic carbocycles. The molecule has 19 heavy (non-hydrogen) atoms. The van der Waals surface area contributed by atoms with E-state index in [9.17, 15) is 14.4 Å². The second-order valence-corrected chi connectivity index (χ2v) is 5.70. The summed E-state index contributed by atoms with van der Waals surface area (Å²) >= 11 is 0. The Hall–Kier alpha value is -0.905. The summed E-state index contributed by atoms with van der Waals surface area (Å²) in [5.41, 5.74) is 1.06. The number of nitrogens with zero attached hydrogens (tertiary/aromatic N) is 1. The van der Waals surface area contributed by atoms with E-state index in [4.69, 9.17) is 0 Å². The highest BCUT2D eigenvalue weighted by molar-refractivity contribution is 6.59. The van der Waals surface area contributed by atoms with Crippen molar-refractivity contribution in [3.05, 3.63) is 29.6 Å². The lowest BCUT2D eigenvalue weighted by Crippen LogP contribution is -2.41. The molecule has 2 N–H and O–H groups in total. The summed E-state index contributed by atoms with van der Waals surface area (Å²) in [6.07, 6.45) is 1.15. The molecule has 1 fully saturated rings. The Balaban J connectivity index is 2.11. The molecular weight excluding hydrogens is 244 g/mol. The third kappa shape index (κ3) is 3.56. The molecule has 1 aliphatic rings. The minimum absolute atomic E-state index is 0.270. The average molecular weight is 265 g/mol. The SMILES string of the molecule is CC1CCN(Cc2ccc(F)cc2B(O)O)CC1C. The fraction of sp³-hybridized carbons (Fsp3) is 0.571. The van der Waals surface area contributed by atoms with Gasteiger partial charge in [-0.2, -0.15) is 0 Å². The summed E-state index contributed by atoms with van der Waals surface area (Å²) < 4.78 is 13.2. The zero-order valence-corrected chi connectivity index (χ0v) is 11.5. The maximum absolute atomic E-state index is 13.2. The zero-order chi connectivity index (χ0) is 14.0. The molecule has 0 spiro atoms. The highest BCUT2D eigenvalue weighted by Gasteiger charge is 2.24. The lowest BCUT2D eigenvalue weighted by Gasteiger charge is -2.35. The maximum Gasteiger partial charge on any atom is 0.488 e. The smallest absolute Gasteiger partial charge is 0.423 e. The van der Waals surface area contributed by atoms with Gasteiger partial charge in [-0.3, -0.25) is 4.90 Å². The quantitative estimate of drug-likeness (QED) is 0.801. The predicted octanol–water partition coefficient (Wildman–Crippen LogP) is 0.983. The molecule has 2 unspecified atom stereocenters. The average Bonchev–Trinajstić information content (AvgIpc) is 2.36. The molecule has 3 nitrogen and oxygen atoms in total. The van der Waals surface area contributed by atoms with E-state index in [-0.39, 0.29) is 5.46 Å². The molecule has 1 aliphatic heterocycles. The summed E-state index contributed by atoms with van der Waals surface area (Å²) in [6, 6.07) is 4.22. The van der Waals surface area contributed by atoms with E-state index in [1.807, 2.05) is 0 Å². The first kappa shape index (κ1) is 14.5. The Labute approximate surface area is 114 Å². The summed E-state index contributed by atoms with van der Waals surface area (Å²) in [5.74, 6) is 0.927. The van der Waals surface area contributed by atoms with Crippen LogP contribution in [0.2, 0.25) is 0 Å². The molecule has 1 saturated heterocycles. The molecule has 104 valence electrons. The van der Waals surface area contributed by atoms with E-state index in [0.717, 1.165) is 31.0 Å². The third-order valence-electron chi connectivity index (χ3n) is 4.20. The van der Waals surface area contributed by atoms with Crippen LogP contribution in [0, 0.1) is 17.7 Å². The van der Waals surface area contributed by atoms with Crippen molar-refractivity contribution in [2.24, 2.45) is 11.8 Å². The van der Waals surface area contributed by atoms with Crippen LogP contribution in [-0.4, -0.2) is 35.2 Å². The first-order valence-corrected chi connectivity index (χ1v) is 6.84. The Morgan fingerprint density at radius 1 is 1.32 bits per heavy atom. The van der Waals surface area contributed by atoms with E-state index in [2.05, 4.69) is 18.7 Å². The van der Waals surface area contributed by atoms with Gasteiger partial charge in [0.2, 0.25) is 0 Å². The number of rotatable bonds is 3. The van der Waals surface area contributed by atoms with E-state index in [1.165, 1.54) is 12.1 Å². The second-order valence-electron chi connectivity index (χ2n) is 5.70. The van der Waals surface area contributed by atoms with Crippen molar-refractivity contribution in [1.29, 1.82) is 0 Å². The van der Waals surface area contributed by atoms with Crippen LogP contribution in [0.3, 0.4) is 0 Å². The minimum atomic E-state index is -1.62. The lowest BCUT2D eigenvalue weighted by atomic mass is 9.76. The standard InChI is InChI=1S/C14H21BFNO2/c1-10-5-6-17(8-11(10)2)9-12-3-4-13(16)7-14(12)15(18)19/h3-4,7,10-11,18-19H,5-6,8-9H2,1-2H3.